The van der Waals surface area contributed by atoms with E-state index < -0.39 is 0 Å². The van der Waals surface area contributed by atoms with Gasteiger partial charge in [-0.1, -0.05) is 63.8 Å². The molecule has 0 unspecified atom stereocenters. The minimum Gasteiger partial charge on any atom is -0.372 e. The fraction of sp³-hybridized carbons (Fsp3) is 0.385. The third-order valence-corrected chi connectivity index (χ3v) is 5.39. The van der Waals surface area contributed by atoms with Crippen molar-refractivity contribution >= 4 is 28.2 Å². The first kappa shape index (κ1) is 21.8. The summed E-state index contributed by atoms with van der Waals surface area (Å²) < 4.78 is 0. The monoisotopic (exact) mass is 403 g/mol. The highest BCUT2D eigenvalue weighted by Gasteiger charge is 2.11. The van der Waals surface area contributed by atoms with Crippen LogP contribution in [0, 0.1) is 0 Å². The summed E-state index contributed by atoms with van der Waals surface area (Å²) in [4.78, 5) is 19.8. The number of nitrogens with one attached hydrogen (secondary N) is 1. The van der Waals surface area contributed by atoms with Crippen molar-refractivity contribution in [3.8, 4) is 0 Å². The van der Waals surface area contributed by atoms with Crippen LogP contribution in [-0.2, 0) is 0 Å². The lowest BCUT2D eigenvalue weighted by molar-refractivity contribution is 0.102. The topological polar surface area (TPSA) is 45.2 Å². The van der Waals surface area contributed by atoms with Gasteiger partial charge in [0.05, 0.1) is 17.4 Å². The highest BCUT2D eigenvalue weighted by molar-refractivity contribution is 6.05. The summed E-state index contributed by atoms with van der Waals surface area (Å²) in [5.41, 5.74) is 3.45. The molecule has 0 spiro atoms. The third-order valence-electron chi connectivity index (χ3n) is 5.39. The maximum absolute atomic E-state index is 12.9. The van der Waals surface area contributed by atoms with Gasteiger partial charge < -0.3 is 10.2 Å². The van der Waals surface area contributed by atoms with Crippen molar-refractivity contribution in [2.75, 3.05) is 23.3 Å². The Kier molecular flexibility index (Phi) is 8.25. The number of hydrogen-bond acceptors (Lipinski definition) is 3. The Morgan fingerprint density at radius 1 is 0.900 bits per heavy atom. The van der Waals surface area contributed by atoms with E-state index in [0.717, 1.165) is 29.7 Å². The summed E-state index contributed by atoms with van der Waals surface area (Å²) >= 11 is 0. The zero-order valence-electron chi connectivity index (χ0n) is 18.2. The molecule has 1 aromatic heterocycles. The number of pyridine rings is 1. The van der Waals surface area contributed by atoms with E-state index in [9.17, 15) is 4.79 Å². The molecule has 3 rings (SSSR count). The molecule has 0 radical (unpaired) electrons. The Morgan fingerprint density at radius 2 is 1.63 bits per heavy atom. The second-order valence-corrected chi connectivity index (χ2v) is 7.82. The molecule has 0 atom stereocenters. The Balaban J connectivity index is 1.72. The number of anilines is 2. The Morgan fingerprint density at radius 3 is 2.37 bits per heavy atom. The number of unbranched alkanes of at least 4 members (excludes halogenated alkanes) is 4. The summed E-state index contributed by atoms with van der Waals surface area (Å²) in [5.74, 6) is -0.101. The van der Waals surface area contributed by atoms with Crippen molar-refractivity contribution < 1.29 is 4.79 Å². The molecule has 0 aliphatic rings. The van der Waals surface area contributed by atoms with Crippen molar-refractivity contribution in [1.29, 1.82) is 0 Å². The number of carbonyl (C=O) groups is 1. The minimum absolute atomic E-state index is 0.101. The first-order valence-corrected chi connectivity index (χ1v) is 11.2. The van der Waals surface area contributed by atoms with E-state index in [1.54, 1.807) is 6.20 Å². The Bertz CT molecular complexity index is 944. The zero-order chi connectivity index (χ0) is 21.2. The molecule has 30 heavy (non-hydrogen) atoms. The Labute approximate surface area is 180 Å². The molecule has 158 valence electrons. The van der Waals surface area contributed by atoms with Crippen LogP contribution in [0.4, 0.5) is 11.4 Å². The van der Waals surface area contributed by atoms with Crippen LogP contribution in [0.25, 0.3) is 10.9 Å². The van der Waals surface area contributed by atoms with E-state index in [1.807, 2.05) is 48.5 Å². The summed E-state index contributed by atoms with van der Waals surface area (Å²) in [6.07, 6.45) is 8.98. The average Bonchev–Trinajstić information content (AvgIpc) is 2.78. The number of fused-ring (bicyclic) bond motifs is 1. The molecule has 1 heterocycles. The van der Waals surface area contributed by atoms with Gasteiger partial charge in [0, 0.05) is 29.7 Å². The van der Waals surface area contributed by atoms with Crippen LogP contribution in [0.1, 0.15) is 62.7 Å². The number of aromatic nitrogens is 1. The zero-order valence-corrected chi connectivity index (χ0v) is 18.2. The van der Waals surface area contributed by atoms with Crippen molar-refractivity contribution in [3.63, 3.8) is 0 Å². The minimum atomic E-state index is -0.101. The number of carbonyl (C=O) groups excluding carboxylic acids is 1. The van der Waals surface area contributed by atoms with Crippen LogP contribution >= 0.6 is 0 Å². The van der Waals surface area contributed by atoms with Crippen molar-refractivity contribution in [2.24, 2.45) is 0 Å². The van der Waals surface area contributed by atoms with Gasteiger partial charge in [-0.2, -0.15) is 0 Å². The second-order valence-electron chi connectivity index (χ2n) is 7.82. The smallest absolute Gasteiger partial charge is 0.255 e. The predicted molar refractivity (Wildman–Crippen MR) is 127 cm³/mol. The highest BCUT2D eigenvalue weighted by atomic mass is 16.1. The lowest BCUT2D eigenvalue weighted by Gasteiger charge is -2.25. The maximum atomic E-state index is 12.9. The normalized spacial score (nSPS) is 10.9. The van der Waals surface area contributed by atoms with E-state index >= 15 is 0 Å². The van der Waals surface area contributed by atoms with Crippen LogP contribution in [0.3, 0.4) is 0 Å². The molecule has 0 saturated heterocycles. The molecule has 3 aromatic rings. The van der Waals surface area contributed by atoms with Crippen LogP contribution in [-0.4, -0.2) is 24.0 Å². The standard InChI is InChI=1S/C26H33N3O/c1-3-5-9-16-29(17-10-6-4-2)24-14-11-13-22(19-24)26(30)28-23-18-21-12-7-8-15-25(21)27-20-23/h7-8,11-15,18-20H,3-6,9-10,16-17H2,1-2H3,(H,28,30). The van der Waals surface area contributed by atoms with Gasteiger partial charge in [0.15, 0.2) is 0 Å². The van der Waals surface area contributed by atoms with E-state index in [4.69, 9.17) is 0 Å². The van der Waals surface area contributed by atoms with Gasteiger partial charge in [-0.3, -0.25) is 9.78 Å². The van der Waals surface area contributed by atoms with Gasteiger partial charge in [-0.25, -0.2) is 0 Å². The first-order valence-electron chi connectivity index (χ1n) is 11.2. The quantitative estimate of drug-likeness (QED) is 0.363. The van der Waals surface area contributed by atoms with Gasteiger partial charge in [-0.15, -0.1) is 0 Å². The molecule has 0 aliphatic heterocycles. The molecular formula is C26H33N3O. The lowest BCUT2D eigenvalue weighted by atomic mass is 10.1. The summed E-state index contributed by atoms with van der Waals surface area (Å²) in [6, 6.07) is 17.9. The number of benzene rings is 2. The summed E-state index contributed by atoms with van der Waals surface area (Å²) in [7, 11) is 0. The van der Waals surface area contributed by atoms with E-state index in [-0.39, 0.29) is 5.91 Å². The number of nitrogens with zero attached hydrogens (tertiary/aromatic N) is 2. The molecule has 2 aromatic carbocycles. The van der Waals surface area contributed by atoms with Crippen molar-refractivity contribution in [3.05, 3.63) is 66.4 Å². The Hall–Kier alpha value is -2.88. The van der Waals surface area contributed by atoms with Crippen LogP contribution < -0.4 is 10.2 Å². The molecule has 0 aliphatic carbocycles. The first-order chi connectivity index (χ1) is 14.7. The number of rotatable bonds is 11. The average molecular weight is 404 g/mol. The van der Waals surface area contributed by atoms with Crippen LogP contribution in [0.5, 0.6) is 0 Å². The van der Waals surface area contributed by atoms with Crippen molar-refractivity contribution in [1.82, 2.24) is 4.98 Å². The molecular weight excluding hydrogens is 370 g/mol. The fourth-order valence-corrected chi connectivity index (χ4v) is 3.66. The maximum Gasteiger partial charge on any atom is 0.255 e. The molecule has 0 bridgehead atoms. The van der Waals surface area contributed by atoms with E-state index in [0.29, 0.717) is 11.3 Å². The predicted octanol–water partition coefficient (Wildman–Crippen LogP) is 6.67. The van der Waals surface area contributed by atoms with Gasteiger partial charge in [0.2, 0.25) is 0 Å². The highest BCUT2D eigenvalue weighted by Crippen LogP contribution is 2.21. The van der Waals surface area contributed by atoms with Crippen LogP contribution in [0.2, 0.25) is 0 Å². The molecule has 0 saturated carbocycles. The molecule has 1 amide bonds. The number of hydrogen-bond donors (Lipinski definition) is 1. The van der Waals surface area contributed by atoms with Crippen LogP contribution in [0.15, 0.2) is 60.8 Å². The molecule has 4 nitrogen and oxygen atoms in total. The summed E-state index contributed by atoms with van der Waals surface area (Å²) in [6.45, 7) is 6.54. The number of amides is 1. The second kappa shape index (κ2) is 11.3. The van der Waals surface area contributed by atoms with Gasteiger partial charge in [0.1, 0.15) is 0 Å². The fourth-order valence-electron chi connectivity index (χ4n) is 3.66. The third kappa shape index (κ3) is 6.06. The van der Waals surface area contributed by atoms with Crippen molar-refractivity contribution in [2.45, 2.75) is 52.4 Å². The molecule has 1 N–H and O–H groups in total. The number of para-hydroxylation sites is 1. The van der Waals surface area contributed by atoms with Gasteiger partial charge >= 0.3 is 0 Å². The van der Waals surface area contributed by atoms with Gasteiger partial charge in [0.25, 0.3) is 5.91 Å². The van der Waals surface area contributed by atoms with E-state index in [1.165, 1.54) is 38.5 Å². The lowest BCUT2D eigenvalue weighted by Crippen LogP contribution is -2.26. The molecule has 0 fully saturated rings. The van der Waals surface area contributed by atoms with E-state index in [2.05, 4.69) is 35.1 Å². The summed E-state index contributed by atoms with van der Waals surface area (Å²) in [5, 5.41) is 4.02. The van der Waals surface area contributed by atoms with Gasteiger partial charge in [-0.05, 0) is 43.2 Å². The largest absolute Gasteiger partial charge is 0.372 e. The molecule has 4 heteroatoms. The SMILES string of the molecule is CCCCCN(CCCCC)c1cccc(C(=O)Nc2cnc3ccccc3c2)c1.